The Balaban J connectivity index is 2.97. The fraction of sp³-hybridized carbons (Fsp3) is 0.417. The van der Waals surface area contributed by atoms with Gasteiger partial charge in [0, 0.05) is 12.2 Å². The Kier molecular flexibility index (Phi) is 5.34. The number of carbonyl (C=O) groups excluding carboxylic acids is 1. The third-order valence-electron chi connectivity index (χ3n) is 2.69. The molecule has 3 N–H and O–H groups in total. The van der Waals surface area contributed by atoms with Crippen LogP contribution in [0.1, 0.15) is 12.0 Å². The second-order valence-electron chi connectivity index (χ2n) is 4.08. The van der Waals surface area contributed by atoms with Crippen molar-refractivity contribution in [3.63, 3.8) is 0 Å². The first-order chi connectivity index (χ1) is 9.31. The summed E-state index contributed by atoms with van der Waals surface area (Å²) in [6.45, 7) is 1.69. The first-order valence-electron chi connectivity index (χ1n) is 5.82. The summed E-state index contributed by atoms with van der Waals surface area (Å²) in [6, 6.07) is 2.87. The number of sulfonamides is 1. The number of ether oxygens (including phenoxy) is 2. The average molecular weight is 302 g/mol. The summed E-state index contributed by atoms with van der Waals surface area (Å²) in [7, 11) is -1.20. The van der Waals surface area contributed by atoms with E-state index in [-0.39, 0.29) is 23.6 Å². The smallest absolute Gasteiger partial charge is 0.306 e. The maximum Gasteiger partial charge on any atom is 0.306 e. The molecule has 8 heteroatoms. The van der Waals surface area contributed by atoms with E-state index in [2.05, 4.69) is 9.46 Å². The van der Waals surface area contributed by atoms with Crippen molar-refractivity contribution in [2.45, 2.75) is 18.2 Å². The largest absolute Gasteiger partial charge is 0.495 e. The highest BCUT2D eigenvalue weighted by molar-refractivity contribution is 7.89. The van der Waals surface area contributed by atoms with E-state index in [1.54, 1.807) is 13.0 Å². The van der Waals surface area contributed by atoms with Crippen LogP contribution in [-0.2, 0) is 19.6 Å². The van der Waals surface area contributed by atoms with Gasteiger partial charge in [-0.25, -0.2) is 13.1 Å². The lowest BCUT2D eigenvalue weighted by atomic mass is 10.2. The number of carbonyl (C=O) groups is 1. The van der Waals surface area contributed by atoms with E-state index in [4.69, 9.17) is 10.5 Å². The van der Waals surface area contributed by atoms with Gasteiger partial charge in [-0.1, -0.05) is 0 Å². The first kappa shape index (κ1) is 16.3. The summed E-state index contributed by atoms with van der Waals surface area (Å²) in [5.41, 5.74) is 6.78. The number of anilines is 1. The van der Waals surface area contributed by atoms with Gasteiger partial charge in [0.05, 0.1) is 20.6 Å². The molecule has 0 saturated carbocycles. The van der Waals surface area contributed by atoms with Crippen LogP contribution in [0.15, 0.2) is 17.0 Å². The highest BCUT2D eigenvalue weighted by atomic mass is 32.2. The molecule has 0 spiro atoms. The van der Waals surface area contributed by atoms with E-state index < -0.39 is 16.0 Å². The van der Waals surface area contributed by atoms with Crippen LogP contribution in [0.3, 0.4) is 0 Å². The van der Waals surface area contributed by atoms with Gasteiger partial charge in [-0.3, -0.25) is 4.79 Å². The van der Waals surface area contributed by atoms with Crippen molar-refractivity contribution in [2.24, 2.45) is 0 Å². The zero-order valence-electron chi connectivity index (χ0n) is 11.6. The highest BCUT2D eigenvalue weighted by Gasteiger charge is 2.20. The van der Waals surface area contributed by atoms with Crippen molar-refractivity contribution in [1.82, 2.24) is 4.72 Å². The molecule has 0 bridgehead atoms. The second-order valence-corrected chi connectivity index (χ2v) is 5.82. The van der Waals surface area contributed by atoms with Crippen LogP contribution < -0.4 is 15.2 Å². The molecule has 1 aromatic rings. The number of nitrogens with two attached hydrogens (primary N) is 1. The molecule has 0 aliphatic rings. The number of esters is 1. The second kappa shape index (κ2) is 6.58. The number of benzene rings is 1. The molecule has 0 aliphatic carbocycles. The van der Waals surface area contributed by atoms with Gasteiger partial charge in [-0.15, -0.1) is 0 Å². The van der Waals surface area contributed by atoms with Crippen molar-refractivity contribution >= 4 is 21.7 Å². The van der Waals surface area contributed by atoms with Crippen LogP contribution in [0.4, 0.5) is 5.69 Å². The molecular formula is C12H18N2O5S. The lowest BCUT2D eigenvalue weighted by Gasteiger charge is -2.12. The molecule has 20 heavy (non-hydrogen) atoms. The number of hydrogen-bond acceptors (Lipinski definition) is 6. The van der Waals surface area contributed by atoms with E-state index >= 15 is 0 Å². The Labute approximate surface area is 118 Å². The normalized spacial score (nSPS) is 11.2. The Hall–Kier alpha value is -1.80. The summed E-state index contributed by atoms with van der Waals surface area (Å²) in [5, 5.41) is 0. The average Bonchev–Trinajstić information content (AvgIpc) is 2.40. The van der Waals surface area contributed by atoms with Gasteiger partial charge in [0.2, 0.25) is 10.0 Å². The van der Waals surface area contributed by atoms with Crippen molar-refractivity contribution in [3.8, 4) is 5.75 Å². The monoisotopic (exact) mass is 302 g/mol. The molecule has 1 aromatic carbocycles. The van der Waals surface area contributed by atoms with Crippen LogP contribution in [0.2, 0.25) is 0 Å². The third kappa shape index (κ3) is 3.84. The van der Waals surface area contributed by atoms with E-state index in [1.165, 1.54) is 20.3 Å². The molecule has 0 aromatic heterocycles. The molecule has 112 valence electrons. The van der Waals surface area contributed by atoms with Gasteiger partial charge >= 0.3 is 5.97 Å². The SMILES string of the molecule is COC(=O)CCNS(=O)(=O)c1cc(N)c(C)cc1OC. The molecule has 0 unspecified atom stereocenters. The standard InChI is InChI=1S/C12H18N2O5S/c1-8-6-10(18-2)11(7-9(8)13)20(16,17)14-5-4-12(15)19-3/h6-7,14H,4-5,13H2,1-3H3. The minimum atomic E-state index is -3.81. The molecule has 0 amide bonds. The number of methoxy groups -OCH3 is 2. The van der Waals surface area contributed by atoms with Gasteiger partial charge in [0.15, 0.2) is 0 Å². The van der Waals surface area contributed by atoms with Crippen LogP contribution in [0, 0.1) is 6.92 Å². The van der Waals surface area contributed by atoms with Gasteiger partial charge in [-0.2, -0.15) is 0 Å². The van der Waals surface area contributed by atoms with Gasteiger partial charge < -0.3 is 15.2 Å². The van der Waals surface area contributed by atoms with Gasteiger partial charge in [0.1, 0.15) is 10.6 Å². The maximum atomic E-state index is 12.1. The molecule has 7 nitrogen and oxygen atoms in total. The number of nitrogens with one attached hydrogen (secondary N) is 1. The molecule has 1 rings (SSSR count). The zero-order chi connectivity index (χ0) is 15.3. The van der Waals surface area contributed by atoms with E-state index in [1.807, 2.05) is 0 Å². The van der Waals surface area contributed by atoms with Crippen molar-refractivity contribution < 1.29 is 22.7 Å². The number of rotatable bonds is 6. The summed E-state index contributed by atoms with van der Waals surface area (Å²) >= 11 is 0. The van der Waals surface area contributed by atoms with Gasteiger partial charge in [0.25, 0.3) is 0 Å². The van der Waals surface area contributed by atoms with Crippen LogP contribution in [0.5, 0.6) is 5.75 Å². The Morgan fingerprint density at radius 3 is 2.55 bits per heavy atom. The molecular weight excluding hydrogens is 284 g/mol. The quantitative estimate of drug-likeness (QED) is 0.582. The first-order valence-corrected chi connectivity index (χ1v) is 7.30. The molecule has 0 atom stereocenters. The van der Waals surface area contributed by atoms with E-state index in [0.29, 0.717) is 5.69 Å². The van der Waals surface area contributed by atoms with E-state index in [0.717, 1.165) is 5.56 Å². The minimum Gasteiger partial charge on any atom is -0.495 e. The Bertz CT molecular complexity index is 598. The fourth-order valence-electron chi connectivity index (χ4n) is 1.51. The summed E-state index contributed by atoms with van der Waals surface area (Å²) in [6.07, 6.45) is -0.0562. The fourth-order valence-corrected chi connectivity index (χ4v) is 2.73. The lowest BCUT2D eigenvalue weighted by molar-refractivity contribution is -0.140. The predicted molar refractivity (Wildman–Crippen MR) is 74.0 cm³/mol. The molecule has 0 saturated heterocycles. The number of hydrogen-bond donors (Lipinski definition) is 2. The zero-order valence-corrected chi connectivity index (χ0v) is 12.4. The Morgan fingerprint density at radius 1 is 1.35 bits per heavy atom. The van der Waals surface area contributed by atoms with Crippen LogP contribution in [-0.4, -0.2) is 35.2 Å². The van der Waals surface area contributed by atoms with Crippen LogP contribution >= 0.6 is 0 Å². The van der Waals surface area contributed by atoms with Crippen molar-refractivity contribution in [3.05, 3.63) is 17.7 Å². The topological polar surface area (TPSA) is 108 Å². The van der Waals surface area contributed by atoms with E-state index in [9.17, 15) is 13.2 Å². The summed E-state index contributed by atoms with van der Waals surface area (Å²) in [4.78, 5) is 10.9. The maximum absolute atomic E-state index is 12.1. The van der Waals surface area contributed by atoms with Crippen LogP contribution in [0.25, 0.3) is 0 Å². The molecule has 0 radical (unpaired) electrons. The van der Waals surface area contributed by atoms with Crippen molar-refractivity contribution in [2.75, 3.05) is 26.5 Å². The number of nitrogen functional groups attached to an aromatic ring is 1. The highest BCUT2D eigenvalue weighted by Crippen LogP contribution is 2.28. The minimum absolute atomic E-state index is 0.0562. The number of aryl methyl sites for hydroxylation is 1. The lowest BCUT2D eigenvalue weighted by Crippen LogP contribution is -2.27. The Morgan fingerprint density at radius 2 is 2.00 bits per heavy atom. The third-order valence-corrected chi connectivity index (χ3v) is 4.17. The molecule has 0 heterocycles. The predicted octanol–water partition coefficient (Wildman–Crippen LogP) is 0.427. The summed E-state index contributed by atoms with van der Waals surface area (Å²) in [5.74, 6) is -0.301. The van der Waals surface area contributed by atoms with Crippen molar-refractivity contribution in [1.29, 1.82) is 0 Å². The molecule has 0 fully saturated rings. The summed E-state index contributed by atoms with van der Waals surface area (Å²) < 4.78 is 36.1. The molecule has 0 aliphatic heterocycles. The van der Waals surface area contributed by atoms with Gasteiger partial charge in [-0.05, 0) is 24.6 Å².